The molecule has 0 bridgehead atoms. The van der Waals surface area contributed by atoms with Gasteiger partial charge in [-0.15, -0.1) is 0 Å². The minimum absolute atomic E-state index is 0.0649. The molecule has 0 aromatic carbocycles. The molecule has 1 aromatic rings. The van der Waals surface area contributed by atoms with Crippen LogP contribution in [0, 0.1) is 6.92 Å². The Bertz CT molecular complexity index is 343. The summed E-state index contributed by atoms with van der Waals surface area (Å²) in [5, 5.41) is 4.24. The van der Waals surface area contributed by atoms with Crippen LogP contribution in [-0.2, 0) is 11.2 Å². The van der Waals surface area contributed by atoms with Crippen molar-refractivity contribution in [1.29, 1.82) is 0 Å². The van der Waals surface area contributed by atoms with E-state index in [9.17, 15) is 4.79 Å². The number of ketones is 1. The van der Waals surface area contributed by atoms with E-state index in [0.29, 0.717) is 0 Å². The Morgan fingerprint density at radius 3 is 3.08 bits per heavy atom. The first-order valence-electron chi connectivity index (χ1n) is 4.61. The fraction of sp³-hybridized carbons (Fsp3) is 0.667. The smallest absolute Gasteiger partial charge is 0.154 e. The molecule has 70 valence electrons. The number of carbonyl (C=O) groups excluding carboxylic acids is 1. The largest absolute Gasteiger partial charge is 0.298 e. The van der Waals surface area contributed by atoms with Crippen LogP contribution in [0.25, 0.3) is 0 Å². The predicted octanol–water partition coefficient (Wildman–Crippen LogP) is 1.05. The Balaban J connectivity index is 2.41. The third-order valence-electron chi connectivity index (χ3n) is 2.45. The predicted molar refractivity (Wildman–Crippen MR) is 47.4 cm³/mol. The lowest BCUT2D eigenvalue weighted by Crippen LogP contribution is -2.24. The fourth-order valence-corrected chi connectivity index (χ4v) is 1.85. The monoisotopic (exact) mass is 179 g/mol. The van der Waals surface area contributed by atoms with Crippen LogP contribution in [0.4, 0.5) is 0 Å². The van der Waals surface area contributed by atoms with Gasteiger partial charge in [0.1, 0.15) is 17.7 Å². The average Bonchev–Trinajstić information content (AvgIpc) is 2.43. The van der Waals surface area contributed by atoms with Crippen molar-refractivity contribution in [3.63, 3.8) is 0 Å². The highest BCUT2D eigenvalue weighted by molar-refractivity contribution is 5.79. The highest BCUT2D eigenvalue weighted by Crippen LogP contribution is 2.23. The summed E-state index contributed by atoms with van der Waals surface area (Å²) in [6.45, 7) is 3.49. The van der Waals surface area contributed by atoms with Gasteiger partial charge in [-0.05, 0) is 26.7 Å². The molecule has 0 saturated carbocycles. The second-order valence-electron chi connectivity index (χ2n) is 3.54. The van der Waals surface area contributed by atoms with Gasteiger partial charge >= 0.3 is 0 Å². The Kier molecular flexibility index (Phi) is 1.90. The number of fused-ring (bicyclic) bond motifs is 1. The molecule has 2 heterocycles. The average molecular weight is 179 g/mol. The number of rotatable bonds is 1. The van der Waals surface area contributed by atoms with Gasteiger partial charge in [0.2, 0.25) is 0 Å². The van der Waals surface area contributed by atoms with Crippen molar-refractivity contribution in [2.45, 2.75) is 39.2 Å². The third kappa shape index (κ3) is 1.36. The van der Waals surface area contributed by atoms with Crippen LogP contribution in [0.15, 0.2) is 0 Å². The number of hydrogen-bond donors (Lipinski definition) is 0. The Hall–Kier alpha value is -1.19. The molecule has 1 atom stereocenters. The second kappa shape index (κ2) is 2.94. The summed E-state index contributed by atoms with van der Waals surface area (Å²) < 4.78 is 1.79. The van der Waals surface area contributed by atoms with Crippen LogP contribution in [0.2, 0.25) is 0 Å². The Morgan fingerprint density at radius 1 is 1.62 bits per heavy atom. The van der Waals surface area contributed by atoms with E-state index in [2.05, 4.69) is 10.1 Å². The van der Waals surface area contributed by atoms with E-state index in [0.717, 1.165) is 30.9 Å². The standard InChI is InChI=1S/C9H13N3O/c1-6(13)8-4-3-5-9-10-7(2)11-12(8)9/h8H,3-5H2,1-2H3. The number of carbonyl (C=O) groups is 1. The Labute approximate surface area is 77.0 Å². The lowest BCUT2D eigenvalue weighted by Gasteiger charge is -2.20. The van der Waals surface area contributed by atoms with Crippen molar-refractivity contribution >= 4 is 5.78 Å². The van der Waals surface area contributed by atoms with E-state index in [1.54, 1.807) is 11.6 Å². The molecule has 0 aliphatic carbocycles. The quantitative estimate of drug-likeness (QED) is 0.647. The first kappa shape index (κ1) is 8.41. The third-order valence-corrected chi connectivity index (χ3v) is 2.45. The number of nitrogens with zero attached hydrogens (tertiary/aromatic N) is 3. The summed E-state index contributed by atoms with van der Waals surface area (Å²) in [6.07, 6.45) is 2.90. The van der Waals surface area contributed by atoms with Gasteiger partial charge in [-0.3, -0.25) is 4.79 Å². The first-order chi connectivity index (χ1) is 6.18. The minimum atomic E-state index is -0.0649. The van der Waals surface area contributed by atoms with Crippen molar-refractivity contribution in [3.8, 4) is 0 Å². The molecular formula is C9H13N3O. The molecule has 13 heavy (non-hydrogen) atoms. The molecule has 4 nitrogen and oxygen atoms in total. The van der Waals surface area contributed by atoms with Gasteiger partial charge in [0.05, 0.1) is 0 Å². The first-order valence-corrected chi connectivity index (χ1v) is 4.61. The molecule has 0 N–H and O–H groups in total. The second-order valence-corrected chi connectivity index (χ2v) is 3.54. The van der Waals surface area contributed by atoms with Gasteiger partial charge < -0.3 is 0 Å². The number of Topliss-reactive ketones (excluding diaryl/α,β-unsaturated/α-hetero) is 1. The van der Waals surface area contributed by atoms with Gasteiger partial charge in [-0.1, -0.05) is 0 Å². The molecule has 1 unspecified atom stereocenters. The molecule has 1 aliphatic rings. The summed E-state index contributed by atoms with van der Waals surface area (Å²) in [5.74, 6) is 1.91. The van der Waals surface area contributed by atoms with Gasteiger partial charge in [-0.25, -0.2) is 9.67 Å². The molecule has 0 saturated heterocycles. The highest BCUT2D eigenvalue weighted by Gasteiger charge is 2.25. The molecule has 1 aromatic heterocycles. The van der Waals surface area contributed by atoms with Gasteiger partial charge in [-0.2, -0.15) is 5.10 Å². The molecule has 2 rings (SSSR count). The zero-order valence-corrected chi connectivity index (χ0v) is 7.95. The minimum Gasteiger partial charge on any atom is -0.298 e. The van der Waals surface area contributed by atoms with Crippen molar-refractivity contribution in [2.24, 2.45) is 0 Å². The fourth-order valence-electron chi connectivity index (χ4n) is 1.85. The molecule has 0 radical (unpaired) electrons. The molecule has 4 heteroatoms. The van der Waals surface area contributed by atoms with Crippen LogP contribution in [0.5, 0.6) is 0 Å². The molecule has 0 spiro atoms. The zero-order valence-electron chi connectivity index (χ0n) is 7.95. The zero-order chi connectivity index (χ0) is 9.42. The number of hydrogen-bond acceptors (Lipinski definition) is 3. The van der Waals surface area contributed by atoms with Crippen molar-refractivity contribution in [3.05, 3.63) is 11.6 Å². The highest BCUT2D eigenvalue weighted by atomic mass is 16.1. The van der Waals surface area contributed by atoms with E-state index >= 15 is 0 Å². The molecule has 0 amide bonds. The maximum atomic E-state index is 11.3. The van der Waals surface area contributed by atoms with Gasteiger partial charge in [0.15, 0.2) is 5.78 Å². The van der Waals surface area contributed by atoms with Crippen LogP contribution in [-0.4, -0.2) is 20.5 Å². The summed E-state index contributed by atoms with van der Waals surface area (Å²) in [7, 11) is 0. The van der Waals surface area contributed by atoms with Crippen LogP contribution < -0.4 is 0 Å². The van der Waals surface area contributed by atoms with Crippen LogP contribution in [0.1, 0.15) is 37.5 Å². The van der Waals surface area contributed by atoms with Crippen LogP contribution in [0.3, 0.4) is 0 Å². The topological polar surface area (TPSA) is 47.8 Å². The number of aryl methyl sites for hydroxylation is 2. The summed E-state index contributed by atoms with van der Waals surface area (Å²) in [6, 6.07) is -0.0649. The van der Waals surface area contributed by atoms with Crippen molar-refractivity contribution < 1.29 is 4.79 Å². The van der Waals surface area contributed by atoms with E-state index in [1.807, 2.05) is 6.92 Å². The van der Waals surface area contributed by atoms with Crippen molar-refractivity contribution in [1.82, 2.24) is 14.8 Å². The van der Waals surface area contributed by atoms with Crippen LogP contribution >= 0.6 is 0 Å². The lowest BCUT2D eigenvalue weighted by molar-refractivity contribution is -0.120. The summed E-state index contributed by atoms with van der Waals surface area (Å²) >= 11 is 0. The lowest BCUT2D eigenvalue weighted by atomic mass is 10.0. The van der Waals surface area contributed by atoms with Crippen molar-refractivity contribution in [2.75, 3.05) is 0 Å². The van der Waals surface area contributed by atoms with E-state index in [-0.39, 0.29) is 11.8 Å². The van der Waals surface area contributed by atoms with E-state index in [4.69, 9.17) is 0 Å². The van der Waals surface area contributed by atoms with Gasteiger partial charge in [0, 0.05) is 6.42 Å². The summed E-state index contributed by atoms with van der Waals surface area (Å²) in [5.41, 5.74) is 0. The van der Waals surface area contributed by atoms with E-state index in [1.165, 1.54) is 0 Å². The Morgan fingerprint density at radius 2 is 2.38 bits per heavy atom. The SMILES string of the molecule is CC(=O)C1CCCc2nc(C)nn21. The normalized spacial score (nSPS) is 21.2. The maximum absolute atomic E-state index is 11.3. The van der Waals surface area contributed by atoms with E-state index < -0.39 is 0 Å². The molecule has 0 fully saturated rings. The molecule has 1 aliphatic heterocycles. The summed E-state index contributed by atoms with van der Waals surface area (Å²) in [4.78, 5) is 15.6. The maximum Gasteiger partial charge on any atom is 0.154 e. The number of aromatic nitrogens is 3. The van der Waals surface area contributed by atoms with Gasteiger partial charge in [0.25, 0.3) is 0 Å². The molecular weight excluding hydrogens is 166 g/mol.